The van der Waals surface area contributed by atoms with Crippen molar-refractivity contribution >= 4 is 34.8 Å². The first-order valence-electron chi connectivity index (χ1n) is 8.14. The summed E-state index contributed by atoms with van der Waals surface area (Å²) in [7, 11) is 0. The fourth-order valence-corrected chi connectivity index (χ4v) is 4.05. The molecule has 0 atom stereocenters. The number of thioether (sulfide) groups is 1. The quantitative estimate of drug-likeness (QED) is 0.722. The van der Waals surface area contributed by atoms with Crippen LogP contribution in [0.15, 0.2) is 40.8 Å². The summed E-state index contributed by atoms with van der Waals surface area (Å²) >= 11 is 2.83. The van der Waals surface area contributed by atoms with Gasteiger partial charge in [-0.25, -0.2) is 9.37 Å². The van der Waals surface area contributed by atoms with E-state index in [0.717, 1.165) is 16.3 Å². The third-order valence-corrected chi connectivity index (χ3v) is 5.83. The number of amides is 1. The minimum atomic E-state index is -0.485. The number of thiazole rings is 1. The highest BCUT2D eigenvalue weighted by Gasteiger charge is 2.30. The van der Waals surface area contributed by atoms with Gasteiger partial charge < -0.3 is 0 Å². The Kier molecular flexibility index (Phi) is 5.29. The van der Waals surface area contributed by atoms with Gasteiger partial charge in [-0.3, -0.25) is 14.5 Å². The van der Waals surface area contributed by atoms with Crippen LogP contribution in [0.1, 0.15) is 26.5 Å². The van der Waals surface area contributed by atoms with E-state index in [1.54, 1.807) is 23.1 Å². The van der Waals surface area contributed by atoms with Gasteiger partial charge in [-0.05, 0) is 24.3 Å². The van der Waals surface area contributed by atoms with Crippen molar-refractivity contribution in [2.24, 2.45) is 5.41 Å². The minimum absolute atomic E-state index is 0.00928. The van der Waals surface area contributed by atoms with Crippen LogP contribution >= 0.6 is 23.1 Å². The molecule has 0 aliphatic carbocycles. The number of aromatic nitrogens is 1. The average Bonchev–Trinajstić information content (AvgIpc) is 3.17. The molecule has 1 aliphatic rings. The second-order valence-corrected chi connectivity index (χ2v) is 8.87. The molecule has 2 aromatic rings. The average molecular weight is 391 g/mol. The lowest BCUT2D eigenvalue weighted by Crippen LogP contribution is -2.26. The second-order valence-electron chi connectivity index (χ2n) is 7.02. The predicted octanol–water partition coefficient (Wildman–Crippen LogP) is 4.48. The first kappa shape index (κ1) is 18.8. The Morgan fingerprint density at radius 1 is 1.31 bits per heavy atom. The van der Waals surface area contributed by atoms with Gasteiger partial charge in [0.1, 0.15) is 10.8 Å². The van der Waals surface area contributed by atoms with Gasteiger partial charge >= 0.3 is 0 Å². The van der Waals surface area contributed by atoms with Gasteiger partial charge in [0.15, 0.2) is 5.78 Å². The van der Waals surface area contributed by atoms with Crippen LogP contribution < -0.4 is 0 Å². The molecule has 1 aromatic heterocycles. The zero-order valence-electron chi connectivity index (χ0n) is 14.8. The molecule has 0 saturated carbocycles. The molecule has 0 radical (unpaired) electrons. The van der Waals surface area contributed by atoms with Crippen molar-refractivity contribution in [3.05, 3.63) is 52.3 Å². The van der Waals surface area contributed by atoms with Crippen molar-refractivity contribution in [2.45, 2.75) is 27.3 Å². The molecular formula is C19H19FN2O2S2. The molecule has 26 heavy (non-hydrogen) atoms. The summed E-state index contributed by atoms with van der Waals surface area (Å²) in [5.74, 6) is 0.00543. The topological polar surface area (TPSA) is 50.3 Å². The molecule has 7 heteroatoms. The van der Waals surface area contributed by atoms with E-state index in [0.29, 0.717) is 17.3 Å². The number of benzene rings is 1. The number of allylic oxidation sites excluding steroid dienone is 1. The Balaban J connectivity index is 1.79. The smallest absolute Gasteiger partial charge is 0.238 e. The highest BCUT2D eigenvalue weighted by atomic mass is 32.2. The fourth-order valence-electron chi connectivity index (χ4n) is 2.30. The van der Waals surface area contributed by atoms with E-state index in [1.165, 1.54) is 35.2 Å². The number of hydrogen-bond acceptors (Lipinski definition) is 5. The molecule has 1 fully saturated rings. The van der Waals surface area contributed by atoms with Crippen LogP contribution in [-0.4, -0.2) is 27.3 Å². The molecule has 1 aliphatic heterocycles. The van der Waals surface area contributed by atoms with Crippen LogP contribution in [0.25, 0.3) is 10.6 Å². The predicted molar refractivity (Wildman–Crippen MR) is 103 cm³/mol. The van der Waals surface area contributed by atoms with Crippen molar-refractivity contribution in [3.8, 4) is 10.6 Å². The maximum atomic E-state index is 13.1. The minimum Gasteiger partial charge on any atom is -0.300 e. The first-order chi connectivity index (χ1) is 12.2. The largest absolute Gasteiger partial charge is 0.300 e. The van der Waals surface area contributed by atoms with Crippen molar-refractivity contribution in [1.29, 1.82) is 0 Å². The molecule has 0 N–H and O–H groups in total. The normalized spacial score (nSPS) is 16.5. The van der Waals surface area contributed by atoms with Gasteiger partial charge in [-0.2, -0.15) is 0 Å². The number of hydrogen-bond donors (Lipinski definition) is 0. The van der Waals surface area contributed by atoms with Crippen molar-refractivity contribution < 1.29 is 14.0 Å². The van der Waals surface area contributed by atoms with Gasteiger partial charge in [0.05, 0.1) is 23.0 Å². The van der Waals surface area contributed by atoms with Crippen LogP contribution in [0, 0.1) is 11.2 Å². The zero-order valence-corrected chi connectivity index (χ0v) is 16.4. The highest BCUT2D eigenvalue weighted by molar-refractivity contribution is 8.04. The van der Waals surface area contributed by atoms with Gasteiger partial charge in [-0.15, -0.1) is 11.3 Å². The van der Waals surface area contributed by atoms with Crippen LogP contribution in [-0.2, 0) is 16.1 Å². The van der Waals surface area contributed by atoms with Gasteiger partial charge in [0.2, 0.25) is 5.91 Å². The molecule has 3 rings (SSSR count). The second kappa shape index (κ2) is 7.32. The number of rotatable bonds is 4. The van der Waals surface area contributed by atoms with E-state index in [9.17, 15) is 14.0 Å². The lowest BCUT2D eigenvalue weighted by molar-refractivity contribution is -0.125. The first-order valence-corrected chi connectivity index (χ1v) is 10.0. The summed E-state index contributed by atoms with van der Waals surface area (Å²) in [4.78, 5) is 30.7. The number of carbonyl (C=O) groups excluding carboxylic acids is 2. The van der Waals surface area contributed by atoms with Crippen LogP contribution in [0.5, 0.6) is 0 Å². The number of halogens is 1. The Bertz CT molecular complexity index is 866. The van der Waals surface area contributed by atoms with Crippen molar-refractivity contribution in [1.82, 2.24) is 9.88 Å². The maximum Gasteiger partial charge on any atom is 0.238 e. The van der Waals surface area contributed by atoms with Gasteiger partial charge in [0.25, 0.3) is 0 Å². The SMILES string of the molecule is CC(C)(C)C(=O)C=C1SCC(=O)N1Cc1csc(-c2ccc(F)cc2)n1. The maximum absolute atomic E-state index is 13.1. The van der Waals surface area contributed by atoms with Crippen molar-refractivity contribution in [3.63, 3.8) is 0 Å². The summed E-state index contributed by atoms with van der Waals surface area (Å²) in [6, 6.07) is 6.16. The lowest BCUT2D eigenvalue weighted by atomic mass is 9.91. The van der Waals surface area contributed by atoms with E-state index < -0.39 is 5.41 Å². The van der Waals surface area contributed by atoms with E-state index in [2.05, 4.69) is 4.98 Å². The van der Waals surface area contributed by atoms with Crippen LogP contribution in [0.4, 0.5) is 4.39 Å². The molecule has 136 valence electrons. The van der Waals surface area contributed by atoms with Gasteiger partial charge in [0, 0.05) is 22.4 Å². The summed E-state index contributed by atoms with van der Waals surface area (Å²) in [6.45, 7) is 5.89. The highest BCUT2D eigenvalue weighted by Crippen LogP contribution is 2.33. The molecule has 0 bridgehead atoms. The Morgan fingerprint density at radius 3 is 2.65 bits per heavy atom. The van der Waals surface area contributed by atoms with Crippen molar-refractivity contribution in [2.75, 3.05) is 5.75 Å². The summed E-state index contributed by atoms with van der Waals surface area (Å²) in [6.07, 6.45) is 1.56. The zero-order chi connectivity index (χ0) is 18.9. The molecule has 1 aromatic carbocycles. The van der Waals surface area contributed by atoms with E-state index >= 15 is 0 Å². The lowest BCUT2D eigenvalue weighted by Gasteiger charge is -2.18. The standard InChI is InChI=1S/C19H19FN2O2S2/c1-19(2,3)15(23)8-17-22(16(24)11-25-17)9-14-10-26-18(21-14)12-4-6-13(20)7-5-12/h4-8,10H,9,11H2,1-3H3. The third-order valence-electron chi connectivity index (χ3n) is 3.87. The Labute approximate surface area is 160 Å². The molecular weight excluding hydrogens is 371 g/mol. The molecule has 4 nitrogen and oxygen atoms in total. The number of ketones is 1. The van der Waals surface area contributed by atoms with Crippen LogP contribution in [0.3, 0.4) is 0 Å². The summed E-state index contributed by atoms with van der Waals surface area (Å²) < 4.78 is 13.1. The molecule has 0 spiro atoms. The van der Waals surface area contributed by atoms with Crippen LogP contribution in [0.2, 0.25) is 0 Å². The molecule has 2 heterocycles. The summed E-state index contributed by atoms with van der Waals surface area (Å²) in [5.41, 5.74) is 1.10. The number of nitrogens with zero attached hydrogens (tertiary/aromatic N) is 2. The number of carbonyl (C=O) groups is 2. The van der Waals surface area contributed by atoms with E-state index in [4.69, 9.17) is 0 Å². The molecule has 0 unspecified atom stereocenters. The van der Waals surface area contributed by atoms with E-state index in [-0.39, 0.29) is 17.5 Å². The molecule has 1 saturated heterocycles. The molecule has 1 amide bonds. The third kappa shape index (κ3) is 4.22. The Hall–Kier alpha value is -1.99. The fraction of sp³-hybridized carbons (Fsp3) is 0.316. The monoisotopic (exact) mass is 390 g/mol. The van der Waals surface area contributed by atoms with E-state index in [1.807, 2.05) is 26.2 Å². The summed E-state index contributed by atoms with van der Waals surface area (Å²) in [5, 5.41) is 3.33. The Morgan fingerprint density at radius 2 is 2.00 bits per heavy atom. The van der Waals surface area contributed by atoms with Gasteiger partial charge in [-0.1, -0.05) is 32.5 Å².